The maximum Gasteiger partial charge on any atom is 0.243 e. The standard InChI is InChI=1S/C32H30N2O4/c35-30(33-18-20-11-8-16-38-20)25(17-19-9-2-1-3-10-19)34-31(36)28-26-21-12-4-5-13-22(21)27(29(28)32(34)37)24-15-7-6-14-23(24)26/h1-7,9-10,12-15,20,25-29H,8,11,16-18H2,(H,33,35)/t20-,25-,26?,27?,28-,29-/m0/s1. The highest BCUT2D eigenvalue weighted by atomic mass is 16.5. The second kappa shape index (κ2) is 9.21. The van der Waals surface area contributed by atoms with Gasteiger partial charge < -0.3 is 10.1 Å². The van der Waals surface area contributed by atoms with Crippen molar-refractivity contribution in [2.75, 3.05) is 13.2 Å². The van der Waals surface area contributed by atoms with Crippen LogP contribution in [0.4, 0.5) is 0 Å². The number of nitrogens with zero attached hydrogens (tertiary/aromatic N) is 1. The van der Waals surface area contributed by atoms with Gasteiger partial charge in [0.05, 0.1) is 17.9 Å². The van der Waals surface area contributed by atoms with Crippen LogP contribution in [0.2, 0.25) is 0 Å². The molecule has 3 amide bonds. The number of rotatable bonds is 6. The molecule has 3 aromatic carbocycles. The third-order valence-corrected chi connectivity index (χ3v) is 8.90. The van der Waals surface area contributed by atoms with Gasteiger partial charge in [0.15, 0.2) is 0 Å². The fourth-order valence-corrected chi connectivity index (χ4v) is 7.28. The van der Waals surface area contributed by atoms with E-state index in [1.807, 2.05) is 54.6 Å². The van der Waals surface area contributed by atoms with Crippen molar-refractivity contribution in [3.8, 4) is 0 Å². The molecule has 6 heteroatoms. The SMILES string of the molecule is O=C(NC[C@@H]1CCCO1)[C@H](Cc1ccccc1)N1C(=O)[C@H]2C3c4ccccc4C(c4ccccc43)[C@@H]2C1=O. The lowest BCUT2D eigenvalue weighted by molar-refractivity contribution is -0.148. The van der Waals surface area contributed by atoms with E-state index in [0.29, 0.717) is 13.2 Å². The summed E-state index contributed by atoms with van der Waals surface area (Å²) in [5.41, 5.74) is 5.42. The Balaban J connectivity index is 1.27. The maximum absolute atomic E-state index is 14.3. The van der Waals surface area contributed by atoms with Crippen molar-refractivity contribution >= 4 is 17.7 Å². The van der Waals surface area contributed by atoms with Crippen LogP contribution >= 0.6 is 0 Å². The van der Waals surface area contributed by atoms with Gasteiger partial charge in [-0.2, -0.15) is 0 Å². The van der Waals surface area contributed by atoms with Crippen LogP contribution in [0.3, 0.4) is 0 Å². The smallest absolute Gasteiger partial charge is 0.243 e. The summed E-state index contributed by atoms with van der Waals surface area (Å²) in [7, 11) is 0. The van der Waals surface area contributed by atoms with Crippen LogP contribution in [-0.2, 0) is 25.5 Å². The van der Waals surface area contributed by atoms with Gasteiger partial charge in [-0.1, -0.05) is 78.9 Å². The molecule has 4 atom stereocenters. The number of carbonyl (C=O) groups excluding carboxylic acids is 3. The molecule has 0 radical (unpaired) electrons. The molecule has 0 spiro atoms. The first kappa shape index (κ1) is 23.4. The molecule has 0 aromatic heterocycles. The number of benzene rings is 3. The summed E-state index contributed by atoms with van der Waals surface area (Å²) in [6.45, 7) is 1.08. The van der Waals surface area contributed by atoms with Gasteiger partial charge in [-0.15, -0.1) is 0 Å². The van der Waals surface area contributed by atoms with Crippen LogP contribution in [-0.4, -0.2) is 47.9 Å². The van der Waals surface area contributed by atoms with E-state index in [9.17, 15) is 14.4 Å². The Morgan fingerprint density at radius 2 is 1.34 bits per heavy atom. The summed E-state index contributed by atoms with van der Waals surface area (Å²) in [4.78, 5) is 43.5. The van der Waals surface area contributed by atoms with Gasteiger partial charge in [-0.3, -0.25) is 19.3 Å². The summed E-state index contributed by atoms with van der Waals surface area (Å²) in [5.74, 6) is -2.13. The second-order valence-electron chi connectivity index (χ2n) is 10.9. The molecule has 0 unspecified atom stereocenters. The highest BCUT2D eigenvalue weighted by molar-refractivity contribution is 6.10. The molecule has 2 saturated heterocycles. The largest absolute Gasteiger partial charge is 0.376 e. The van der Waals surface area contributed by atoms with E-state index in [1.54, 1.807) is 0 Å². The van der Waals surface area contributed by atoms with Crippen LogP contribution < -0.4 is 5.32 Å². The average molecular weight is 507 g/mol. The molecule has 2 aliphatic heterocycles. The van der Waals surface area contributed by atoms with Crippen LogP contribution in [0.1, 0.15) is 52.5 Å². The van der Waals surface area contributed by atoms with Crippen molar-refractivity contribution in [1.82, 2.24) is 10.2 Å². The monoisotopic (exact) mass is 506 g/mol. The molecule has 2 heterocycles. The van der Waals surface area contributed by atoms with Crippen LogP contribution in [0.5, 0.6) is 0 Å². The lowest BCUT2D eigenvalue weighted by Gasteiger charge is -2.45. The first-order valence-electron chi connectivity index (χ1n) is 13.6. The molecule has 2 bridgehead atoms. The lowest BCUT2D eigenvalue weighted by Crippen LogP contribution is -2.52. The van der Waals surface area contributed by atoms with E-state index in [-0.39, 0.29) is 42.1 Å². The topological polar surface area (TPSA) is 75.7 Å². The molecule has 5 aliphatic rings. The Morgan fingerprint density at radius 3 is 1.84 bits per heavy atom. The highest BCUT2D eigenvalue weighted by Gasteiger charge is 2.63. The Labute approximate surface area is 222 Å². The minimum atomic E-state index is -0.907. The number of hydrogen-bond donors (Lipinski definition) is 1. The third kappa shape index (κ3) is 3.54. The Morgan fingerprint density at radius 1 is 0.816 bits per heavy atom. The van der Waals surface area contributed by atoms with Crippen molar-refractivity contribution in [2.24, 2.45) is 11.8 Å². The molecule has 8 rings (SSSR count). The van der Waals surface area contributed by atoms with Crippen molar-refractivity contribution in [2.45, 2.75) is 43.2 Å². The van der Waals surface area contributed by atoms with Crippen molar-refractivity contribution in [3.05, 3.63) is 107 Å². The maximum atomic E-state index is 14.3. The minimum Gasteiger partial charge on any atom is -0.376 e. The first-order valence-corrected chi connectivity index (χ1v) is 13.6. The molecule has 192 valence electrons. The van der Waals surface area contributed by atoms with Crippen LogP contribution in [0.25, 0.3) is 0 Å². The highest BCUT2D eigenvalue weighted by Crippen LogP contribution is 2.61. The average Bonchev–Trinajstić information content (AvgIpc) is 3.57. The van der Waals surface area contributed by atoms with Gasteiger partial charge in [0.25, 0.3) is 0 Å². The number of carbonyl (C=O) groups is 3. The fourth-order valence-electron chi connectivity index (χ4n) is 7.28. The van der Waals surface area contributed by atoms with E-state index in [4.69, 9.17) is 4.74 Å². The Hall–Kier alpha value is -3.77. The minimum absolute atomic E-state index is 0.0243. The summed E-state index contributed by atoms with van der Waals surface area (Å²) >= 11 is 0. The number of ether oxygens (including phenoxy) is 1. The normalized spacial score (nSPS) is 27.6. The number of hydrogen-bond acceptors (Lipinski definition) is 4. The van der Waals surface area contributed by atoms with Gasteiger partial charge in [-0.05, 0) is 40.7 Å². The zero-order valence-corrected chi connectivity index (χ0v) is 21.1. The summed E-state index contributed by atoms with van der Waals surface area (Å²) < 4.78 is 5.69. The van der Waals surface area contributed by atoms with Gasteiger partial charge in [-0.25, -0.2) is 0 Å². The lowest BCUT2D eigenvalue weighted by atomic mass is 9.55. The van der Waals surface area contributed by atoms with Crippen LogP contribution in [0, 0.1) is 11.8 Å². The van der Waals surface area contributed by atoms with E-state index in [2.05, 4.69) is 29.6 Å². The summed E-state index contributed by atoms with van der Waals surface area (Å²) in [6, 6.07) is 25.1. The van der Waals surface area contributed by atoms with Crippen LogP contribution in [0.15, 0.2) is 78.9 Å². The summed E-state index contributed by atoms with van der Waals surface area (Å²) in [5, 5.41) is 3.01. The van der Waals surface area contributed by atoms with Crippen molar-refractivity contribution < 1.29 is 19.1 Å². The molecular weight excluding hydrogens is 476 g/mol. The molecule has 3 aromatic rings. The Bertz CT molecular complexity index is 1300. The van der Waals surface area contributed by atoms with E-state index in [1.165, 1.54) is 4.90 Å². The van der Waals surface area contributed by atoms with Gasteiger partial charge in [0.1, 0.15) is 6.04 Å². The zero-order valence-electron chi connectivity index (χ0n) is 21.1. The molecule has 0 saturated carbocycles. The van der Waals surface area contributed by atoms with E-state index in [0.717, 1.165) is 40.7 Å². The fraction of sp³-hybridized carbons (Fsp3) is 0.344. The molecule has 6 nitrogen and oxygen atoms in total. The van der Waals surface area contributed by atoms with Gasteiger partial charge >= 0.3 is 0 Å². The van der Waals surface area contributed by atoms with Gasteiger partial charge in [0, 0.05) is 31.4 Å². The predicted octanol–water partition coefficient (Wildman–Crippen LogP) is 3.79. The van der Waals surface area contributed by atoms with E-state index >= 15 is 0 Å². The zero-order chi connectivity index (χ0) is 25.8. The molecule has 1 N–H and O–H groups in total. The number of amides is 3. The number of imide groups is 1. The number of nitrogens with one attached hydrogen (secondary N) is 1. The number of likely N-dealkylation sites (tertiary alicyclic amines) is 1. The molecule has 3 aliphatic carbocycles. The van der Waals surface area contributed by atoms with E-state index < -0.39 is 17.9 Å². The third-order valence-electron chi connectivity index (χ3n) is 8.90. The molecule has 2 fully saturated rings. The first-order chi connectivity index (χ1) is 18.6. The second-order valence-corrected chi connectivity index (χ2v) is 10.9. The summed E-state index contributed by atoms with van der Waals surface area (Å²) in [6.07, 6.45) is 2.13. The molecular formula is C32H30N2O4. The Kier molecular flexibility index (Phi) is 5.66. The van der Waals surface area contributed by atoms with Gasteiger partial charge in [0.2, 0.25) is 17.7 Å². The molecule has 38 heavy (non-hydrogen) atoms. The van der Waals surface area contributed by atoms with Crippen molar-refractivity contribution in [1.29, 1.82) is 0 Å². The predicted molar refractivity (Wildman–Crippen MR) is 141 cm³/mol. The quantitative estimate of drug-likeness (QED) is 0.517. The van der Waals surface area contributed by atoms with Crippen molar-refractivity contribution in [3.63, 3.8) is 0 Å².